The van der Waals surface area contributed by atoms with Crippen LogP contribution in [-0.4, -0.2) is 24.0 Å². The second-order valence-corrected chi connectivity index (χ2v) is 5.34. The molecule has 2 aromatic rings. The van der Waals surface area contributed by atoms with E-state index >= 15 is 0 Å². The van der Waals surface area contributed by atoms with Crippen molar-refractivity contribution >= 4 is 11.6 Å². The molecule has 2 N–H and O–H groups in total. The molecule has 4 nitrogen and oxygen atoms in total. The van der Waals surface area contributed by atoms with Crippen LogP contribution in [0.5, 0.6) is 0 Å². The average Bonchev–Trinajstić information content (AvgIpc) is 2.57. The molecule has 0 radical (unpaired) electrons. The van der Waals surface area contributed by atoms with Gasteiger partial charge in [0, 0.05) is 25.5 Å². The van der Waals surface area contributed by atoms with E-state index in [9.17, 15) is 9.18 Å². The smallest absolute Gasteiger partial charge is 0.252 e. The Kier molecular flexibility index (Phi) is 6.54. The fourth-order valence-electron chi connectivity index (χ4n) is 2.18. The first-order chi connectivity index (χ1) is 11.2. The maximum atomic E-state index is 13.5. The zero-order valence-electron chi connectivity index (χ0n) is 13.3. The van der Waals surface area contributed by atoms with Crippen LogP contribution in [0.2, 0.25) is 0 Å². The molecule has 0 atom stereocenters. The molecule has 1 heterocycles. The van der Waals surface area contributed by atoms with Gasteiger partial charge in [0.15, 0.2) is 0 Å². The highest BCUT2D eigenvalue weighted by atomic mass is 19.1. The second-order valence-electron chi connectivity index (χ2n) is 5.34. The van der Waals surface area contributed by atoms with Crippen LogP contribution in [0.3, 0.4) is 0 Å². The summed E-state index contributed by atoms with van der Waals surface area (Å²) in [7, 11) is 0. The Bertz CT molecular complexity index is 646. The minimum atomic E-state index is -0.245. The van der Waals surface area contributed by atoms with Crippen molar-refractivity contribution in [3.8, 4) is 0 Å². The van der Waals surface area contributed by atoms with Gasteiger partial charge >= 0.3 is 0 Å². The van der Waals surface area contributed by atoms with Crippen molar-refractivity contribution in [3.63, 3.8) is 0 Å². The number of carbonyl (C=O) groups is 1. The Morgan fingerprint density at radius 3 is 2.83 bits per heavy atom. The van der Waals surface area contributed by atoms with Crippen molar-refractivity contribution in [1.82, 2.24) is 10.3 Å². The van der Waals surface area contributed by atoms with E-state index < -0.39 is 0 Å². The van der Waals surface area contributed by atoms with Crippen LogP contribution < -0.4 is 10.6 Å². The molecule has 1 aromatic heterocycles. The largest absolute Gasteiger partial charge is 0.384 e. The lowest BCUT2D eigenvalue weighted by molar-refractivity contribution is 0.0953. The molecule has 1 amide bonds. The maximum Gasteiger partial charge on any atom is 0.252 e. The highest BCUT2D eigenvalue weighted by Crippen LogP contribution is 2.09. The van der Waals surface area contributed by atoms with E-state index in [2.05, 4.69) is 22.5 Å². The topological polar surface area (TPSA) is 54.0 Å². The normalized spacial score (nSPS) is 10.3. The van der Waals surface area contributed by atoms with E-state index in [-0.39, 0.29) is 11.7 Å². The Balaban J connectivity index is 1.85. The summed E-state index contributed by atoms with van der Waals surface area (Å²) in [5, 5.41) is 6.03. The molecule has 0 spiro atoms. The van der Waals surface area contributed by atoms with Crippen molar-refractivity contribution in [1.29, 1.82) is 0 Å². The van der Waals surface area contributed by atoms with Crippen LogP contribution in [-0.2, 0) is 6.42 Å². The minimum absolute atomic E-state index is 0.201. The fourth-order valence-corrected chi connectivity index (χ4v) is 2.18. The number of halogens is 1. The molecule has 5 heteroatoms. The van der Waals surface area contributed by atoms with Gasteiger partial charge in [-0.25, -0.2) is 4.39 Å². The Morgan fingerprint density at radius 1 is 1.22 bits per heavy atom. The van der Waals surface area contributed by atoms with Gasteiger partial charge in [-0.2, -0.15) is 0 Å². The Labute approximate surface area is 136 Å². The molecule has 0 aliphatic heterocycles. The molecular formula is C18H22FN3O. The molecule has 2 rings (SSSR count). The van der Waals surface area contributed by atoms with E-state index in [1.807, 2.05) is 0 Å². The molecular weight excluding hydrogens is 293 g/mol. The van der Waals surface area contributed by atoms with Crippen LogP contribution in [0.25, 0.3) is 0 Å². The predicted octanol–water partition coefficient (Wildman–Crippen LogP) is 3.41. The van der Waals surface area contributed by atoms with Gasteiger partial charge in [-0.1, -0.05) is 31.5 Å². The third-order valence-electron chi connectivity index (χ3n) is 3.50. The van der Waals surface area contributed by atoms with E-state index in [0.29, 0.717) is 24.1 Å². The van der Waals surface area contributed by atoms with Crippen LogP contribution in [0.4, 0.5) is 10.1 Å². The standard InChI is InChI=1S/C18H22FN3O/c1-2-3-9-21-16-11-15(12-20-13-16)18(23)22-10-8-14-6-4-5-7-17(14)19/h4-7,11-13,21H,2-3,8-10H2,1H3,(H,22,23). The third-order valence-corrected chi connectivity index (χ3v) is 3.50. The molecule has 0 saturated carbocycles. The van der Waals surface area contributed by atoms with Crippen LogP contribution in [0.15, 0.2) is 42.7 Å². The second kappa shape index (κ2) is 8.88. The highest BCUT2D eigenvalue weighted by molar-refractivity contribution is 5.94. The lowest BCUT2D eigenvalue weighted by atomic mass is 10.1. The number of anilines is 1. The fraction of sp³-hybridized carbons (Fsp3) is 0.333. The summed E-state index contributed by atoms with van der Waals surface area (Å²) in [5.74, 6) is -0.446. The number of carbonyl (C=O) groups excluding carboxylic acids is 1. The van der Waals surface area contributed by atoms with E-state index in [4.69, 9.17) is 0 Å². The zero-order chi connectivity index (χ0) is 16.5. The highest BCUT2D eigenvalue weighted by Gasteiger charge is 2.07. The molecule has 0 saturated heterocycles. The lowest BCUT2D eigenvalue weighted by Crippen LogP contribution is -2.26. The van der Waals surface area contributed by atoms with Gasteiger partial charge in [0.1, 0.15) is 5.82 Å². The number of unbranched alkanes of at least 4 members (excludes halogenated alkanes) is 1. The molecule has 0 fully saturated rings. The molecule has 122 valence electrons. The van der Waals surface area contributed by atoms with Gasteiger partial charge in [0.2, 0.25) is 0 Å². The quantitative estimate of drug-likeness (QED) is 0.734. The van der Waals surface area contributed by atoms with Gasteiger partial charge in [-0.15, -0.1) is 0 Å². The van der Waals surface area contributed by atoms with Gasteiger partial charge in [-0.3, -0.25) is 9.78 Å². The monoisotopic (exact) mass is 315 g/mol. The number of nitrogens with one attached hydrogen (secondary N) is 2. The number of benzene rings is 1. The van der Waals surface area contributed by atoms with E-state index in [1.54, 1.807) is 30.5 Å². The average molecular weight is 315 g/mol. The number of nitrogens with zero attached hydrogens (tertiary/aromatic N) is 1. The van der Waals surface area contributed by atoms with Crippen LogP contribution in [0, 0.1) is 5.82 Å². The van der Waals surface area contributed by atoms with Gasteiger partial charge in [0.25, 0.3) is 5.91 Å². The number of hydrogen-bond acceptors (Lipinski definition) is 3. The van der Waals surface area contributed by atoms with Crippen LogP contribution in [0.1, 0.15) is 35.7 Å². The predicted molar refractivity (Wildman–Crippen MR) is 90.1 cm³/mol. The SMILES string of the molecule is CCCCNc1cncc(C(=O)NCCc2ccccc2F)c1. The maximum absolute atomic E-state index is 13.5. The summed E-state index contributed by atoms with van der Waals surface area (Å²) in [6, 6.07) is 8.37. The summed E-state index contributed by atoms with van der Waals surface area (Å²) in [6.07, 6.45) is 5.87. The molecule has 1 aromatic carbocycles. The molecule has 0 aliphatic rings. The summed E-state index contributed by atoms with van der Waals surface area (Å²) in [4.78, 5) is 16.2. The number of rotatable bonds is 8. The summed E-state index contributed by atoms with van der Waals surface area (Å²) in [6.45, 7) is 3.36. The van der Waals surface area contributed by atoms with E-state index in [1.165, 1.54) is 12.3 Å². The molecule has 0 unspecified atom stereocenters. The van der Waals surface area contributed by atoms with Crippen molar-refractivity contribution in [2.45, 2.75) is 26.2 Å². The first kappa shape index (κ1) is 16.9. The molecule has 0 bridgehead atoms. The van der Waals surface area contributed by atoms with Crippen molar-refractivity contribution in [3.05, 3.63) is 59.7 Å². The first-order valence-corrected chi connectivity index (χ1v) is 7.91. The Morgan fingerprint density at radius 2 is 2.04 bits per heavy atom. The summed E-state index contributed by atoms with van der Waals surface area (Å²) >= 11 is 0. The zero-order valence-corrected chi connectivity index (χ0v) is 13.3. The van der Waals surface area contributed by atoms with E-state index in [0.717, 1.165) is 25.1 Å². The minimum Gasteiger partial charge on any atom is -0.384 e. The van der Waals surface area contributed by atoms with Gasteiger partial charge in [-0.05, 0) is 30.5 Å². The Hall–Kier alpha value is -2.43. The number of amides is 1. The van der Waals surface area contributed by atoms with Gasteiger partial charge in [0.05, 0.1) is 11.3 Å². The van der Waals surface area contributed by atoms with Crippen molar-refractivity contribution in [2.24, 2.45) is 0 Å². The summed E-state index contributed by atoms with van der Waals surface area (Å²) < 4.78 is 13.5. The summed E-state index contributed by atoms with van der Waals surface area (Å²) in [5.41, 5.74) is 1.93. The molecule has 0 aliphatic carbocycles. The molecule has 23 heavy (non-hydrogen) atoms. The van der Waals surface area contributed by atoms with Crippen LogP contribution >= 0.6 is 0 Å². The van der Waals surface area contributed by atoms with Gasteiger partial charge < -0.3 is 10.6 Å². The third kappa shape index (κ3) is 5.36. The number of hydrogen-bond donors (Lipinski definition) is 2. The number of pyridine rings is 1. The number of aromatic nitrogens is 1. The lowest BCUT2D eigenvalue weighted by Gasteiger charge is -2.08. The van der Waals surface area contributed by atoms with Crippen molar-refractivity contribution < 1.29 is 9.18 Å². The van der Waals surface area contributed by atoms with Crippen molar-refractivity contribution in [2.75, 3.05) is 18.4 Å². The first-order valence-electron chi connectivity index (χ1n) is 7.91.